The van der Waals surface area contributed by atoms with Crippen LogP contribution in [-0.4, -0.2) is 53.6 Å². The number of carbonyl (C=O) groups is 4. The van der Waals surface area contributed by atoms with E-state index in [1.807, 2.05) is 32.0 Å². The van der Waals surface area contributed by atoms with Crippen LogP contribution in [-0.2, 0) is 14.4 Å². The van der Waals surface area contributed by atoms with Crippen molar-refractivity contribution in [2.45, 2.75) is 90.1 Å². The zero-order valence-electron chi connectivity index (χ0n) is 22.7. The van der Waals surface area contributed by atoms with Gasteiger partial charge in [0.05, 0.1) is 12.6 Å². The van der Waals surface area contributed by atoms with Gasteiger partial charge in [0.25, 0.3) is 5.91 Å². The number of nitrogens with zero attached hydrogens (tertiary/aromatic N) is 1. The molecule has 1 saturated heterocycles. The molecule has 1 aromatic heterocycles. The van der Waals surface area contributed by atoms with Crippen molar-refractivity contribution in [2.24, 2.45) is 11.8 Å². The molecule has 38 heavy (non-hydrogen) atoms. The van der Waals surface area contributed by atoms with E-state index in [4.69, 9.17) is 4.42 Å². The number of benzene rings is 1. The normalized spacial score (nSPS) is 19.8. The van der Waals surface area contributed by atoms with E-state index in [0.717, 1.165) is 11.8 Å². The Kier molecular flexibility index (Phi) is 9.58. The van der Waals surface area contributed by atoms with E-state index in [-0.39, 0.29) is 29.9 Å². The van der Waals surface area contributed by atoms with Gasteiger partial charge < -0.3 is 20.0 Å². The Labute approximate surface area is 224 Å². The third-order valence-corrected chi connectivity index (χ3v) is 7.79. The van der Waals surface area contributed by atoms with E-state index in [1.54, 1.807) is 17.0 Å². The molecule has 8 nitrogen and oxygen atoms in total. The fraction of sp³-hybridized carbons (Fsp3) is 0.600. The summed E-state index contributed by atoms with van der Waals surface area (Å²) < 4.78 is 5.66. The van der Waals surface area contributed by atoms with Crippen molar-refractivity contribution in [3.8, 4) is 0 Å². The number of Topliss-reactive ketones (excluding diaryl/α,β-unsaturated/α-hetero) is 1. The molecule has 2 aliphatic rings. The van der Waals surface area contributed by atoms with E-state index in [0.29, 0.717) is 43.7 Å². The maximum Gasteiger partial charge on any atom is 0.287 e. The molecule has 1 aliphatic heterocycles. The maximum atomic E-state index is 13.2. The Hall–Kier alpha value is -3.16. The second-order valence-corrected chi connectivity index (χ2v) is 11.3. The lowest BCUT2D eigenvalue weighted by Crippen LogP contribution is -2.52. The molecule has 0 spiro atoms. The first-order valence-corrected chi connectivity index (χ1v) is 14.2. The van der Waals surface area contributed by atoms with E-state index >= 15 is 0 Å². The zero-order valence-corrected chi connectivity index (χ0v) is 22.7. The average Bonchev–Trinajstić information content (AvgIpc) is 3.26. The minimum absolute atomic E-state index is 0.0225. The quantitative estimate of drug-likeness (QED) is 0.499. The van der Waals surface area contributed by atoms with Crippen LogP contribution >= 0.6 is 0 Å². The second-order valence-electron chi connectivity index (χ2n) is 11.3. The molecule has 2 N–H and O–H groups in total. The highest BCUT2D eigenvalue weighted by Crippen LogP contribution is 2.27. The van der Waals surface area contributed by atoms with Crippen LogP contribution in [0.1, 0.15) is 88.6 Å². The maximum absolute atomic E-state index is 13.2. The predicted octanol–water partition coefficient (Wildman–Crippen LogP) is 4.61. The lowest BCUT2D eigenvalue weighted by molar-refractivity contribution is -0.136. The molecule has 8 heteroatoms. The topological polar surface area (TPSA) is 109 Å². The van der Waals surface area contributed by atoms with Gasteiger partial charge in [-0.05, 0) is 49.7 Å². The van der Waals surface area contributed by atoms with Crippen LogP contribution in [0.15, 0.2) is 34.7 Å². The fourth-order valence-electron chi connectivity index (χ4n) is 5.65. The van der Waals surface area contributed by atoms with Crippen LogP contribution in [0.5, 0.6) is 0 Å². The Morgan fingerprint density at radius 3 is 2.55 bits per heavy atom. The number of rotatable bonds is 9. The summed E-state index contributed by atoms with van der Waals surface area (Å²) in [5, 5.41) is 6.48. The summed E-state index contributed by atoms with van der Waals surface area (Å²) in [6.07, 6.45) is 9.11. The largest absolute Gasteiger partial charge is 0.451 e. The van der Waals surface area contributed by atoms with Crippen molar-refractivity contribution in [2.75, 3.05) is 13.1 Å². The lowest BCUT2D eigenvalue weighted by atomic mass is 9.86. The highest BCUT2D eigenvalue weighted by Gasteiger charge is 2.31. The molecule has 3 amide bonds. The number of fused-ring (bicyclic) bond motifs is 1. The number of hydrogen-bond acceptors (Lipinski definition) is 5. The van der Waals surface area contributed by atoms with Gasteiger partial charge in [0, 0.05) is 18.4 Å². The number of nitrogens with one attached hydrogen (secondary N) is 2. The summed E-state index contributed by atoms with van der Waals surface area (Å²) in [5.41, 5.74) is 0.601. The number of likely N-dealkylation sites (tertiary alicyclic amines) is 1. The van der Waals surface area contributed by atoms with Crippen molar-refractivity contribution in [1.29, 1.82) is 0 Å². The molecule has 2 fully saturated rings. The molecule has 4 rings (SSSR count). The Morgan fingerprint density at radius 2 is 1.82 bits per heavy atom. The summed E-state index contributed by atoms with van der Waals surface area (Å²) in [6, 6.07) is 7.52. The Balaban J connectivity index is 1.33. The van der Waals surface area contributed by atoms with E-state index in [2.05, 4.69) is 10.6 Å². The highest BCUT2D eigenvalue weighted by molar-refractivity contribution is 5.99. The van der Waals surface area contributed by atoms with Crippen LogP contribution in [0.4, 0.5) is 0 Å². The summed E-state index contributed by atoms with van der Waals surface area (Å²) >= 11 is 0. The van der Waals surface area contributed by atoms with Gasteiger partial charge >= 0.3 is 0 Å². The van der Waals surface area contributed by atoms with Gasteiger partial charge in [-0.25, -0.2) is 0 Å². The molecule has 1 saturated carbocycles. The second kappa shape index (κ2) is 13.1. The van der Waals surface area contributed by atoms with Gasteiger partial charge in [0.15, 0.2) is 11.5 Å². The zero-order chi connectivity index (χ0) is 27.1. The number of ketones is 1. The Bertz CT molecular complexity index is 1100. The van der Waals surface area contributed by atoms with Gasteiger partial charge in [-0.3, -0.25) is 19.2 Å². The van der Waals surface area contributed by atoms with Gasteiger partial charge in [-0.1, -0.05) is 64.2 Å². The minimum atomic E-state index is -0.806. The third kappa shape index (κ3) is 7.45. The SMILES string of the molecule is CC(C)CC(NC(=O)c1cc2ccccc2o1)C(=O)N[C@H]1CCCN(C(=O)CCC2CCCCC2)CC1=O. The molecule has 1 aromatic carbocycles. The summed E-state index contributed by atoms with van der Waals surface area (Å²) in [5.74, 6) is -0.0810. The number of furan rings is 1. The number of amides is 3. The molecule has 0 radical (unpaired) electrons. The average molecular weight is 524 g/mol. The van der Waals surface area contributed by atoms with Gasteiger partial charge in [0.1, 0.15) is 11.6 Å². The van der Waals surface area contributed by atoms with Crippen LogP contribution in [0.3, 0.4) is 0 Å². The molecule has 1 unspecified atom stereocenters. The summed E-state index contributed by atoms with van der Waals surface area (Å²) in [4.78, 5) is 53.7. The number of para-hydroxylation sites is 1. The molecular weight excluding hydrogens is 482 g/mol. The predicted molar refractivity (Wildman–Crippen MR) is 145 cm³/mol. The van der Waals surface area contributed by atoms with E-state index in [1.165, 1.54) is 32.1 Å². The number of carbonyl (C=O) groups excluding carboxylic acids is 4. The Morgan fingerprint density at radius 1 is 1.05 bits per heavy atom. The molecular formula is C30H41N3O5. The summed E-state index contributed by atoms with van der Waals surface area (Å²) in [7, 11) is 0. The van der Waals surface area contributed by atoms with Gasteiger partial charge in [-0.2, -0.15) is 0 Å². The third-order valence-electron chi connectivity index (χ3n) is 7.79. The number of hydrogen-bond donors (Lipinski definition) is 2. The van der Waals surface area contributed by atoms with Crippen LogP contribution in [0, 0.1) is 11.8 Å². The molecule has 1 aliphatic carbocycles. The van der Waals surface area contributed by atoms with Crippen molar-refractivity contribution < 1.29 is 23.6 Å². The van der Waals surface area contributed by atoms with Crippen molar-refractivity contribution in [1.82, 2.24) is 15.5 Å². The first-order chi connectivity index (χ1) is 18.3. The van der Waals surface area contributed by atoms with Crippen molar-refractivity contribution in [3.05, 3.63) is 36.1 Å². The van der Waals surface area contributed by atoms with Crippen molar-refractivity contribution >= 4 is 34.5 Å². The summed E-state index contributed by atoms with van der Waals surface area (Å²) in [6.45, 7) is 4.50. The molecule has 2 aromatic rings. The van der Waals surface area contributed by atoms with Crippen molar-refractivity contribution in [3.63, 3.8) is 0 Å². The molecule has 2 heterocycles. The van der Waals surface area contributed by atoms with Crippen LogP contribution in [0.25, 0.3) is 11.0 Å². The smallest absolute Gasteiger partial charge is 0.287 e. The standard InChI is InChI=1S/C30H41N3O5/c1-20(2)17-24(32-30(37)27-18-22-11-6-7-13-26(22)38-27)29(36)31-23-12-8-16-33(19-25(23)34)28(35)15-14-21-9-4-3-5-10-21/h6-7,11,13,18,20-21,23-24H,3-5,8-10,12,14-17,19H2,1-2H3,(H,31,36)(H,32,37)/t23-,24?/m0/s1. The lowest BCUT2D eigenvalue weighted by Gasteiger charge is -2.24. The van der Waals surface area contributed by atoms with Crippen LogP contribution in [0.2, 0.25) is 0 Å². The minimum Gasteiger partial charge on any atom is -0.451 e. The monoisotopic (exact) mass is 523 g/mol. The molecule has 0 bridgehead atoms. The van der Waals surface area contributed by atoms with Crippen LogP contribution < -0.4 is 10.6 Å². The first-order valence-electron chi connectivity index (χ1n) is 14.2. The molecule has 2 atom stereocenters. The van der Waals surface area contributed by atoms with Gasteiger partial charge in [-0.15, -0.1) is 0 Å². The molecule has 206 valence electrons. The van der Waals surface area contributed by atoms with Gasteiger partial charge in [0.2, 0.25) is 11.8 Å². The highest BCUT2D eigenvalue weighted by atomic mass is 16.3. The van der Waals surface area contributed by atoms with E-state index < -0.39 is 23.9 Å². The van der Waals surface area contributed by atoms with E-state index in [9.17, 15) is 19.2 Å². The fourth-order valence-corrected chi connectivity index (χ4v) is 5.65. The first kappa shape index (κ1) is 27.9.